The zero-order valence-corrected chi connectivity index (χ0v) is 18.4. The number of pyridine rings is 1. The maximum Gasteiger partial charge on any atom is 0.170 e. The minimum absolute atomic E-state index is 0.102. The van der Waals surface area contributed by atoms with Crippen molar-refractivity contribution in [1.82, 2.24) is 4.98 Å². The first-order valence-electron chi connectivity index (χ1n) is 9.64. The molecule has 0 aliphatic carbocycles. The van der Waals surface area contributed by atoms with Crippen LogP contribution in [0.2, 0.25) is 0 Å². The lowest BCUT2D eigenvalue weighted by Crippen LogP contribution is -2.29. The van der Waals surface area contributed by atoms with Gasteiger partial charge in [0.1, 0.15) is 16.1 Å². The highest BCUT2D eigenvalue weighted by molar-refractivity contribution is 9.10. The Kier molecular flexibility index (Phi) is 6.55. The van der Waals surface area contributed by atoms with Crippen LogP contribution in [0.5, 0.6) is 11.5 Å². The van der Waals surface area contributed by atoms with E-state index < -0.39 is 0 Å². The molecule has 28 heavy (non-hydrogen) atoms. The number of hydrogen-bond acceptors (Lipinski definition) is 4. The van der Waals surface area contributed by atoms with Crippen LogP contribution in [0, 0.1) is 5.92 Å². The first kappa shape index (κ1) is 20.6. The van der Waals surface area contributed by atoms with Crippen LogP contribution < -0.4 is 9.47 Å². The number of allylic oxidation sites excluding steroid dienone is 2. The highest BCUT2D eigenvalue weighted by Crippen LogP contribution is 2.35. The van der Waals surface area contributed by atoms with E-state index in [9.17, 15) is 4.79 Å². The van der Waals surface area contributed by atoms with Gasteiger partial charge < -0.3 is 9.47 Å². The molecule has 0 saturated carbocycles. The third kappa shape index (κ3) is 4.14. The quantitative estimate of drug-likeness (QED) is 0.431. The summed E-state index contributed by atoms with van der Waals surface area (Å²) in [5.41, 5.74) is 3.79. The predicted molar refractivity (Wildman–Crippen MR) is 115 cm³/mol. The number of nitrogens with zero attached hydrogens (tertiary/aromatic N) is 1. The third-order valence-electron chi connectivity index (χ3n) is 5.43. The standard InChI is InChI=1S/C23H26BrNO3/c1-5-14(3)19-11-22(24)25-12-20(19)18(6-2)23(26)16-9-15-10-17(27-4)7-8-21(15)28-13-16/h6-8,10-12,14,16H,5,9,13H2,1-4H3/b18-6+. The summed E-state index contributed by atoms with van der Waals surface area (Å²) in [6, 6.07) is 7.77. The number of fused-ring (bicyclic) bond motifs is 1. The van der Waals surface area contributed by atoms with E-state index in [1.165, 1.54) is 0 Å². The summed E-state index contributed by atoms with van der Waals surface area (Å²) < 4.78 is 12.0. The van der Waals surface area contributed by atoms with Gasteiger partial charge in [0.25, 0.3) is 0 Å². The van der Waals surface area contributed by atoms with Crippen molar-refractivity contribution < 1.29 is 14.3 Å². The molecule has 0 amide bonds. The predicted octanol–water partition coefficient (Wildman–Crippen LogP) is 5.59. The number of carbonyl (C=O) groups is 1. The number of rotatable bonds is 6. The van der Waals surface area contributed by atoms with Crippen molar-refractivity contribution >= 4 is 27.3 Å². The molecule has 4 nitrogen and oxygen atoms in total. The van der Waals surface area contributed by atoms with E-state index in [0.29, 0.717) is 18.9 Å². The fraction of sp³-hybridized carbons (Fsp3) is 0.391. The number of halogens is 1. The van der Waals surface area contributed by atoms with Gasteiger partial charge in [-0.3, -0.25) is 4.79 Å². The van der Waals surface area contributed by atoms with Gasteiger partial charge in [-0.2, -0.15) is 0 Å². The second-order valence-electron chi connectivity index (χ2n) is 7.16. The average molecular weight is 444 g/mol. The molecule has 2 heterocycles. The van der Waals surface area contributed by atoms with Crippen molar-refractivity contribution in [2.24, 2.45) is 5.92 Å². The molecule has 1 aromatic carbocycles. The molecule has 1 aliphatic rings. The Morgan fingerprint density at radius 1 is 1.43 bits per heavy atom. The van der Waals surface area contributed by atoms with E-state index in [0.717, 1.165) is 44.8 Å². The van der Waals surface area contributed by atoms with Gasteiger partial charge in [-0.15, -0.1) is 0 Å². The summed E-state index contributed by atoms with van der Waals surface area (Å²) in [5, 5.41) is 0. The summed E-state index contributed by atoms with van der Waals surface area (Å²) in [5.74, 6) is 1.82. The number of ether oxygens (including phenoxy) is 2. The maximum absolute atomic E-state index is 13.4. The number of benzene rings is 1. The Morgan fingerprint density at radius 3 is 2.89 bits per heavy atom. The Labute approximate surface area is 175 Å². The van der Waals surface area contributed by atoms with Gasteiger partial charge in [0.05, 0.1) is 19.6 Å². The molecule has 0 saturated heterocycles. The van der Waals surface area contributed by atoms with Crippen LogP contribution in [0.3, 0.4) is 0 Å². The Hall–Kier alpha value is -2.14. The van der Waals surface area contributed by atoms with Crippen molar-refractivity contribution in [3.8, 4) is 11.5 Å². The average Bonchev–Trinajstić information content (AvgIpc) is 2.73. The molecule has 2 unspecified atom stereocenters. The number of carbonyl (C=O) groups excluding carboxylic acids is 1. The van der Waals surface area contributed by atoms with Crippen LogP contribution in [0.25, 0.3) is 5.57 Å². The highest BCUT2D eigenvalue weighted by atomic mass is 79.9. The zero-order valence-electron chi connectivity index (χ0n) is 16.8. The van der Waals surface area contributed by atoms with E-state index >= 15 is 0 Å². The molecule has 0 spiro atoms. The van der Waals surface area contributed by atoms with E-state index in [1.807, 2.05) is 37.3 Å². The molecule has 5 heteroatoms. The summed E-state index contributed by atoms with van der Waals surface area (Å²) in [4.78, 5) is 17.8. The van der Waals surface area contributed by atoms with Gasteiger partial charge in [-0.25, -0.2) is 4.98 Å². The third-order valence-corrected chi connectivity index (χ3v) is 5.87. The number of ketones is 1. The van der Waals surface area contributed by atoms with Crippen molar-refractivity contribution in [3.63, 3.8) is 0 Å². The van der Waals surface area contributed by atoms with Crippen LogP contribution in [0.1, 0.15) is 49.8 Å². The van der Waals surface area contributed by atoms with Crippen molar-refractivity contribution in [2.45, 2.75) is 39.5 Å². The largest absolute Gasteiger partial charge is 0.497 e. The molecule has 0 radical (unpaired) electrons. The number of hydrogen-bond donors (Lipinski definition) is 0. The van der Waals surface area contributed by atoms with Gasteiger partial charge in [-0.1, -0.05) is 19.9 Å². The first-order valence-corrected chi connectivity index (χ1v) is 10.4. The molecule has 2 aromatic rings. The highest BCUT2D eigenvalue weighted by Gasteiger charge is 2.30. The van der Waals surface area contributed by atoms with Gasteiger partial charge >= 0.3 is 0 Å². The van der Waals surface area contributed by atoms with Crippen LogP contribution in [0.15, 0.2) is 41.1 Å². The lowest BCUT2D eigenvalue weighted by Gasteiger charge is -2.26. The Bertz CT molecular complexity index is 907. The Morgan fingerprint density at radius 2 is 2.21 bits per heavy atom. The molecule has 0 fully saturated rings. The minimum Gasteiger partial charge on any atom is -0.497 e. The maximum atomic E-state index is 13.4. The van der Waals surface area contributed by atoms with E-state index in [1.54, 1.807) is 13.3 Å². The summed E-state index contributed by atoms with van der Waals surface area (Å²) in [6.45, 7) is 6.63. The Balaban J connectivity index is 1.91. The van der Waals surface area contributed by atoms with Crippen LogP contribution in [-0.2, 0) is 11.2 Å². The smallest absolute Gasteiger partial charge is 0.170 e. The summed E-state index contributed by atoms with van der Waals surface area (Å²) in [6.07, 6.45) is 5.35. The fourth-order valence-electron chi connectivity index (χ4n) is 3.61. The molecule has 148 valence electrons. The summed E-state index contributed by atoms with van der Waals surface area (Å²) in [7, 11) is 1.64. The normalized spacial score (nSPS) is 17.5. The van der Waals surface area contributed by atoms with Gasteiger partial charge in [-0.05, 0) is 77.0 Å². The topological polar surface area (TPSA) is 48.4 Å². The molecule has 3 rings (SSSR count). The SMILES string of the molecule is C/C=C(/C(=O)C1COc2ccc(OC)cc2C1)c1cnc(Br)cc1C(C)CC. The number of Topliss-reactive ketones (excluding diaryl/α,β-unsaturated/α-hetero) is 1. The van der Waals surface area contributed by atoms with E-state index in [4.69, 9.17) is 9.47 Å². The van der Waals surface area contributed by atoms with Crippen LogP contribution >= 0.6 is 15.9 Å². The van der Waals surface area contributed by atoms with Crippen LogP contribution in [0.4, 0.5) is 0 Å². The monoisotopic (exact) mass is 443 g/mol. The van der Waals surface area contributed by atoms with Gasteiger partial charge in [0, 0.05) is 17.3 Å². The van der Waals surface area contributed by atoms with Crippen molar-refractivity contribution in [1.29, 1.82) is 0 Å². The van der Waals surface area contributed by atoms with E-state index in [-0.39, 0.29) is 11.7 Å². The van der Waals surface area contributed by atoms with Crippen molar-refractivity contribution in [2.75, 3.05) is 13.7 Å². The van der Waals surface area contributed by atoms with E-state index in [2.05, 4.69) is 34.8 Å². The first-order chi connectivity index (χ1) is 13.5. The molecular formula is C23H26BrNO3. The van der Waals surface area contributed by atoms with Gasteiger partial charge in [0.2, 0.25) is 0 Å². The fourth-order valence-corrected chi connectivity index (χ4v) is 3.96. The van der Waals surface area contributed by atoms with Gasteiger partial charge in [0.15, 0.2) is 5.78 Å². The number of methoxy groups -OCH3 is 1. The van der Waals surface area contributed by atoms with Crippen molar-refractivity contribution in [3.05, 3.63) is 57.8 Å². The second kappa shape index (κ2) is 8.91. The zero-order chi connectivity index (χ0) is 20.3. The summed E-state index contributed by atoms with van der Waals surface area (Å²) >= 11 is 3.46. The lowest BCUT2D eigenvalue weighted by atomic mass is 9.84. The minimum atomic E-state index is -0.223. The lowest BCUT2D eigenvalue weighted by molar-refractivity contribution is -0.118. The molecule has 2 atom stereocenters. The second-order valence-corrected chi connectivity index (χ2v) is 7.97. The van der Waals surface area contributed by atoms with Crippen LogP contribution in [-0.4, -0.2) is 24.5 Å². The molecule has 1 aliphatic heterocycles. The molecule has 1 aromatic heterocycles. The number of aromatic nitrogens is 1. The molecular weight excluding hydrogens is 418 g/mol. The molecule has 0 bridgehead atoms. The molecule has 0 N–H and O–H groups in total.